The zero-order valence-electron chi connectivity index (χ0n) is 13.3. The molecule has 0 aromatic carbocycles. The first kappa shape index (κ1) is 15.9. The number of hydrogen-bond donors (Lipinski definition) is 2. The molecule has 0 saturated carbocycles. The molecular weight excluding hydrogens is 312 g/mol. The average molecular weight is 330 g/mol. The second-order valence-electron chi connectivity index (χ2n) is 5.35. The van der Waals surface area contributed by atoms with Crippen molar-refractivity contribution in [3.05, 3.63) is 40.4 Å². The average Bonchev–Trinajstić information content (AvgIpc) is 3.19. The van der Waals surface area contributed by atoms with Crippen molar-refractivity contribution in [2.75, 3.05) is 6.54 Å². The number of aromatic nitrogens is 5. The lowest BCUT2D eigenvalue weighted by atomic mass is 10.2. The molecule has 0 radical (unpaired) electrons. The molecule has 0 bridgehead atoms. The summed E-state index contributed by atoms with van der Waals surface area (Å²) in [5.74, 6) is -0.190. The number of hydrogen-bond acceptors (Lipinski definition) is 6. The van der Waals surface area contributed by atoms with Crippen molar-refractivity contribution in [3.8, 4) is 0 Å². The molecule has 0 aliphatic carbocycles. The van der Waals surface area contributed by atoms with Gasteiger partial charge in [-0.2, -0.15) is 5.10 Å². The number of aromatic amines is 1. The van der Waals surface area contributed by atoms with Crippen LogP contribution in [0.3, 0.4) is 0 Å². The fourth-order valence-electron chi connectivity index (χ4n) is 2.42. The number of nitrogens with one attached hydrogen (secondary N) is 2. The first-order chi connectivity index (χ1) is 11.7. The second kappa shape index (κ2) is 7.07. The molecule has 9 heteroatoms. The van der Waals surface area contributed by atoms with E-state index in [9.17, 15) is 9.59 Å². The highest BCUT2D eigenvalue weighted by Crippen LogP contribution is 2.12. The van der Waals surface area contributed by atoms with Crippen molar-refractivity contribution in [3.63, 3.8) is 0 Å². The molecule has 3 rings (SSSR count). The van der Waals surface area contributed by atoms with Gasteiger partial charge in [0.15, 0.2) is 11.5 Å². The molecule has 0 fully saturated rings. The van der Waals surface area contributed by atoms with E-state index < -0.39 is 5.76 Å². The number of unbranched alkanes of at least 4 members (excludes halogenated alkanes) is 1. The molecule has 0 aliphatic heterocycles. The Labute approximate surface area is 137 Å². The van der Waals surface area contributed by atoms with Gasteiger partial charge in [-0.25, -0.2) is 14.5 Å². The van der Waals surface area contributed by atoms with Gasteiger partial charge >= 0.3 is 5.76 Å². The van der Waals surface area contributed by atoms with E-state index in [2.05, 4.69) is 30.1 Å². The van der Waals surface area contributed by atoms with Crippen molar-refractivity contribution in [2.24, 2.45) is 0 Å². The van der Waals surface area contributed by atoms with Crippen LogP contribution in [-0.2, 0) is 13.0 Å². The fourth-order valence-corrected chi connectivity index (χ4v) is 2.42. The molecule has 2 N–H and O–H groups in total. The first-order valence-corrected chi connectivity index (χ1v) is 7.82. The number of carbonyl (C=O) groups excluding carboxylic acids is 1. The first-order valence-electron chi connectivity index (χ1n) is 7.82. The Morgan fingerprint density at radius 3 is 3.00 bits per heavy atom. The number of amides is 1. The largest absolute Gasteiger partial charge is 0.438 e. The summed E-state index contributed by atoms with van der Waals surface area (Å²) >= 11 is 0. The van der Waals surface area contributed by atoms with Gasteiger partial charge in [0.25, 0.3) is 5.91 Å². The van der Waals surface area contributed by atoms with Crippen LogP contribution in [0, 0.1) is 0 Å². The molecule has 0 atom stereocenters. The summed E-state index contributed by atoms with van der Waals surface area (Å²) in [7, 11) is 0. The van der Waals surface area contributed by atoms with Crippen LogP contribution >= 0.6 is 0 Å². The molecule has 3 heterocycles. The van der Waals surface area contributed by atoms with E-state index in [1.807, 2.05) is 6.92 Å². The fraction of sp³-hybridized carbons (Fsp3) is 0.400. The minimum atomic E-state index is -0.549. The minimum absolute atomic E-state index is 0.163. The normalized spacial score (nSPS) is 11.0. The molecule has 24 heavy (non-hydrogen) atoms. The van der Waals surface area contributed by atoms with E-state index in [0.29, 0.717) is 24.4 Å². The highest BCUT2D eigenvalue weighted by atomic mass is 16.5. The molecule has 9 nitrogen and oxygen atoms in total. The molecular formula is C15H18N6O3. The van der Waals surface area contributed by atoms with Gasteiger partial charge in [0.2, 0.25) is 0 Å². The van der Waals surface area contributed by atoms with Gasteiger partial charge in [-0.05, 0) is 25.8 Å². The molecule has 3 aromatic heterocycles. The standard InChI is InChI=1S/C15H18N6O3/c1-2-21-13-10(9-18-21)7-11(8-17-13)14(22)16-6-4-3-5-12-19-15(23)24-20-12/h7-9H,2-6H2,1H3,(H,16,22)(H,19,20,23). The van der Waals surface area contributed by atoms with Gasteiger partial charge in [-0.15, -0.1) is 0 Å². The summed E-state index contributed by atoms with van der Waals surface area (Å²) in [4.78, 5) is 29.7. The van der Waals surface area contributed by atoms with Gasteiger partial charge < -0.3 is 5.32 Å². The monoisotopic (exact) mass is 330 g/mol. The van der Waals surface area contributed by atoms with E-state index >= 15 is 0 Å². The zero-order chi connectivity index (χ0) is 16.9. The van der Waals surface area contributed by atoms with Crippen molar-refractivity contribution in [1.29, 1.82) is 0 Å². The van der Waals surface area contributed by atoms with E-state index in [-0.39, 0.29) is 5.91 Å². The molecule has 126 valence electrons. The lowest BCUT2D eigenvalue weighted by Gasteiger charge is -2.05. The van der Waals surface area contributed by atoms with Crippen molar-refractivity contribution >= 4 is 16.9 Å². The predicted molar refractivity (Wildman–Crippen MR) is 85.6 cm³/mol. The van der Waals surface area contributed by atoms with E-state index in [1.165, 1.54) is 0 Å². The Morgan fingerprint density at radius 2 is 2.25 bits per heavy atom. The van der Waals surface area contributed by atoms with Crippen LogP contribution in [0.1, 0.15) is 35.9 Å². The summed E-state index contributed by atoms with van der Waals surface area (Å²) in [6.45, 7) is 3.26. The van der Waals surface area contributed by atoms with Crippen LogP contribution in [0.15, 0.2) is 27.8 Å². The maximum Gasteiger partial charge on any atom is 0.438 e. The SMILES string of the molecule is CCn1ncc2cc(C(=O)NCCCCc3noc(=O)[nH]3)cnc21. The van der Waals surface area contributed by atoms with E-state index in [4.69, 9.17) is 0 Å². The molecule has 0 saturated heterocycles. The maximum absolute atomic E-state index is 12.1. The highest BCUT2D eigenvalue weighted by Gasteiger charge is 2.09. The van der Waals surface area contributed by atoms with Crippen LogP contribution in [-0.4, -0.2) is 37.4 Å². The third-order valence-electron chi connectivity index (χ3n) is 3.65. The molecule has 0 unspecified atom stereocenters. The second-order valence-corrected chi connectivity index (χ2v) is 5.35. The van der Waals surface area contributed by atoms with Crippen LogP contribution in [0.2, 0.25) is 0 Å². The lowest BCUT2D eigenvalue weighted by Crippen LogP contribution is -2.24. The number of nitrogens with zero attached hydrogens (tertiary/aromatic N) is 4. The summed E-state index contributed by atoms with van der Waals surface area (Å²) < 4.78 is 6.20. The summed E-state index contributed by atoms with van der Waals surface area (Å²) in [5.41, 5.74) is 1.29. The molecule has 3 aromatic rings. The summed E-state index contributed by atoms with van der Waals surface area (Å²) in [6, 6.07) is 1.79. The van der Waals surface area contributed by atoms with Crippen LogP contribution in [0.4, 0.5) is 0 Å². The van der Waals surface area contributed by atoms with E-state index in [0.717, 1.165) is 30.4 Å². The zero-order valence-corrected chi connectivity index (χ0v) is 13.3. The summed E-state index contributed by atoms with van der Waals surface area (Å²) in [5, 5.41) is 11.5. The van der Waals surface area contributed by atoms with Crippen LogP contribution in [0.25, 0.3) is 11.0 Å². The minimum Gasteiger partial charge on any atom is -0.352 e. The topological polar surface area (TPSA) is 119 Å². The van der Waals surface area contributed by atoms with Crippen LogP contribution in [0.5, 0.6) is 0 Å². The van der Waals surface area contributed by atoms with Gasteiger partial charge in [0.1, 0.15) is 0 Å². The lowest BCUT2D eigenvalue weighted by molar-refractivity contribution is 0.0953. The smallest absolute Gasteiger partial charge is 0.352 e. The Bertz CT molecular complexity index is 894. The molecule has 0 aliphatic rings. The third-order valence-corrected chi connectivity index (χ3v) is 3.65. The number of carbonyl (C=O) groups is 1. The van der Waals surface area contributed by atoms with Gasteiger partial charge in [0, 0.05) is 31.1 Å². The van der Waals surface area contributed by atoms with Crippen molar-refractivity contribution in [1.82, 2.24) is 30.2 Å². The molecule has 0 spiro atoms. The summed E-state index contributed by atoms with van der Waals surface area (Å²) in [6.07, 6.45) is 5.42. The number of H-pyrrole nitrogens is 1. The number of pyridine rings is 1. The Hall–Kier alpha value is -2.97. The van der Waals surface area contributed by atoms with Gasteiger partial charge in [0.05, 0.1) is 11.8 Å². The van der Waals surface area contributed by atoms with Gasteiger partial charge in [-0.3, -0.25) is 14.3 Å². The maximum atomic E-state index is 12.1. The quantitative estimate of drug-likeness (QED) is 0.621. The number of rotatable bonds is 7. The van der Waals surface area contributed by atoms with Gasteiger partial charge in [-0.1, -0.05) is 5.16 Å². The van der Waals surface area contributed by atoms with Crippen LogP contribution < -0.4 is 11.1 Å². The Morgan fingerprint density at radius 1 is 1.38 bits per heavy atom. The number of aryl methyl sites for hydroxylation is 2. The van der Waals surface area contributed by atoms with Crippen molar-refractivity contribution < 1.29 is 9.32 Å². The predicted octanol–water partition coefficient (Wildman–Crippen LogP) is 0.880. The number of fused-ring (bicyclic) bond motifs is 1. The Balaban J connectivity index is 1.49. The third kappa shape index (κ3) is 3.50. The van der Waals surface area contributed by atoms with Crippen molar-refractivity contribution in [2.45, 2.75) is 32.7 Å². The molecule has 1 amide bonds. The Kier molecular flexibility index (Phi) is 4.69. The van der Waals surface area contributed by atoms with E-state index in [1.54, 1.807) is 23.1 Å². The highest BCUT2D eigenvalue weighted by molar-refractivity contribution is 5.96.